The number of rotatable bonds is 10. The summed E-state index contributed by atoms with van der Waals surface area (Å²) in [5.74, 6) is 2.38. The van der Waals surface area contributed by atoms with Gasteiger partial charge in [0.25, 0.3) is 0 Å². The molecule has 1 aliphatic heterocycles. The predicted octanol–water partition coefficient (Wildman–Crippen LogP) is 2.54. The highest BCUT2D eigenvalue weighted by Gasteiger charge is 2.19. The fourth-order valence-corrected chi connectivity index (χ4v) is 3.25. The van der Waals surface area contributed by atoms with E-state index in [0.717, 1.165) is 70.4 Å². The van der Waals surface area contributed by atoms with Crippen LogP contribution < -0.4 is 15.4 Å². The summed E-state index contributed by atoms with van der Waals surface area (Å²) in [7, 11) is 3.60. The molecule has 1 fully saturated rings. The number of likely N-dealkylation sites (tertiary alicyclic amines) is 1. The summed E-state index contributed by atoms with van der Waals surface area (Å²) >= 11 is 0. The quantitative estimate of drug-likeness (QED) is 0.475. The molecule has 0 spiro atoms. The smallest absolute Gasteiger partial charge is 0.191 e. The number of nitrogens with one attached hydrogen (secondary N) is 2. The van der Waals surface area contributed by atoms with E-state index >= 15 is 0 Å². The van der Waals surface area contributed by atoms with E-state index in [1.807, 2.05) is 7.05 Å². The van der Waals surface area contributed by atoms with Crippen LogP contribution in [-0.4, -0.2) is 70.5 Å². The van der Waals surface area contributed by atoms with Crippen LogP contribution in [0.3, 0.4) is 0 Å². The van der Waals surface area contributed by atoms with Gasteiger partial charge in [-0.05, 0) is 42.9 Å². The van der Waals surface area contributed by atoms with Crippen molar-refractivity contribution in [2.24, 2.45) is 10.9 Å². The second-order valence-corrected chi connectivity index (χ2v) is 7.85. The van der Waals surface area contributed by atoms with Crippen molar-refractivity contribution >= 4 is 5.96 Å². The van der Waals surface area contributed by atoms with Gasteiger partial charge in [-0.2, -0.15) is 0 Å². The summed E-state index contributed by atoms with van der Waals surface area (Å²) in [5.41, 5.74) is 1.30. The normalized spacial score (nSPS) is 16.4. The monoisotopic (exact) mass is 390 g/mol. The first-order valence-electron chi connectivity index (χ1n) is 10.5. The number of guanidine groups is 1. The molecule has 6 nitrogen and oxygen atoms in total. The van der Waals surface area contributed by atoms with E-state index in [0.29, 0.717) is 12.0 Å². The molecule has 1 aromatic rings. The molecule has 0 bridgehead atoms. The molecule has 0 aliphatic carbocycles. The van der Waals surface area contributed by atoms with Crippen LogP contribution in [0.5, 0.6) is 5.75 Å². The molecule has 1 heterocycles. The van der Waals surface area contributed by atoms with Crippen LogP contribution >= 0.6 is 0 Å². The highest BCUT2D eigenvalue weighted by molar-refractivity contribution is 5.79. The van der Waals surface area contributed by atoms with Crippen LogP contribution in [0, 0.1) is 5.92 Å². The van der Waals surface area contributed by atoms with E-state index < -0.39 is 0 Å². The Bertz CT molecular complexity index is 566. The molecular weight excluding hydrogens is 352 g/mol. The van der Waals surface area contributed by atoms with Gasteiger partial charge in [0.05, 0.1) is 13.2 Å². The first-order chi connectivity index (χ1) is 13.6. The lowest BCUT2D eigenvalue weighted by molar-refractivity contribution is 0.128. The number of hydrogen-bond donors (Lipinski definition) is 2. The molecule has 158 valence electrons. The molecule has 1 aromatic carbocycles. The average molecular weight is 391 g/mol. The largest absolute Gasteiger partial charge is 0.493 e. The Morgan fingerprint density at radius 3 is 2.54 bits per heavy atom. The standard InChI is InChI=1S/C22H38N4O2/c1-18(2)17-28-21-7-5-19(6-8-21)9-12-24-22(23-3)25-20-10-13-26(14-11-20)15-16-27-4/h5-8,18,20H,9-17H2,1-4H3,(H2,23,24,25). The minimum absolute atomic E-state index is 0.488. The van der Waals surface area contributed by atoms with Gasteiger partial charge >= 0.3 is 0 Å². The summed E-state index contributed by atoms with van der Waals surface area (Å²) < 4.78 is 10.9. The van der Waals surface area contributed by atoms with Crippen LogP contribution in [0.15, 0.2) is 29.3 Å². The summed E-state index contributed by atoms with van der Waals surface area (Å²) in [6.07, 6.45) is 3.24. The van der Waals surface area contributed by atoms with Gasteiger partial charge in [0.1, 0.15) is 5.75 Å². The van der Waals surface area contributed by atoms with Crippen molar-refractivity contribution < 1.29 is 9.47 Å². The first kappa shape index (κ1) is 22.5. The van der Waals surface area contributed by atoms with Gasteiger partial charge in [-0.1, -0.05) is 26.0 Å². The van der Waals surface area contributed by atoms with Gasteiger partial charge in [-0.15, -0.1) is 0 Å². The number of ether oxygens (including phenoxy) is 2. The van der Waals surface area contributed by atoms with E-state index in [-0.39, 0.29) is 0 Å². The van der Waals surface area contributed by atoms with Crippen molar-refractivity contribution in [3.8, 4) is 5.75 Å². The van der Waals surface area contributed by atoms with Gasteiger partial charge in [-0.3, -0.25) is 4.99 Å². The molecule has 1 aliphatic rings. The molecule has 0 unspecified atom stereocenters. The Morgan fingerprint density at radius 2 is 1.93 bits per heavy atom. The predicted molar refractivity (Wildman–Crippen MR) is 116 cm³/mol. The van der Waals surface area contributed by atoms with Crippen molar-refractivity contribution in [3.05, 3.63) is 29.8 Å². The maximum Gasteiger partial charge on any atom is 0.191 e. The maximum absolute atomic E-state index is 5.74. The van der Waals surface area contributed by atoms with Gasteiger partial charge in [0, 0.05) is 46.4 Å². The molecule has 0 saturated carbocycles. The van der Waals surface area contributed by atoms with Gasteiger partial charge in [-0.25, -0.2) is 0 Å². The molecular formula is C22H38N4O2. The molecule has 2 N–H and O–H groups in total. The molecule has 28 heavy (non-hydrogen) atoms. The average Bonchev–Trinajstić information content (AvgIpc) is 2.71. The lowest BCUT2D eigenvalue weighted by atomic mass is 10.1. The van der Waals surface area contributed by atoms with E-state index in [1.54, 1.807) is 7.11 Å². The Hall–Kier alpha value is -1.79. The highest BCUT2D eigenvalue weighted by Crippen LogP contribution is 2.13. The van der Waals surface area contributed by atoms with E-state index in [2.05, 4.69) is 58.6 Å². The number of piperidine rings is 1. The lowest BCUT2D eigenvalue weighted by Gasteiger charge is -2.32. The van der Waals surface area contributed by atoms with Gasteiger partial charge in [0.15, 0.2) is 5.96 Å². The Labute approximate surface area is 170 Å². The van der Waals surface area contributed by atoms with Gasteiger partial charge < -0.3 is 25.0 Å². The zero-order valence-electron chi connectivity index (χ0n) is 18.0. The molecule has 0 atom stereocenters. The zero-order chi connectivity index (χ0) is 20.2. The second kappa shape index (κ2) is 12.6. The number of hydrogen-bond acceptors (Lipinski definition) is 4. The maximum atomic E-state index is 5.74. The summed E-state index contributed by atoms with van der Waals surface area (Å²) in [6.45, 7) is 10.0. The van der Waals surface area contributed by atoms with Crippen LogP contribution in [0.2, 0.25) is 0 Å². The van der Waals surface area contributed by atoms with Crippen LogP contribution in [0.1, 0.15) is 32.3 Å². The third-order valence-electron chi connectivity index (χ3n) is 4.98. The minimum atomic E-state index is 0.488. The molecule has 0 amide bonds. The third kappa shape index (κ3) is 8.48. The van der Waals surface area contributed by atoms with E-state index in [4.69, 9.17) is 9.47 Å². The molecule has 1 saturated heterocycles. The summed E-state index contributed by atoms with van der Waals surface area (Å²) in [5, 5.41) is 7.01. The van der Waals surface area contributed by atoms with Gasteiger partial charge in [0.2, 0.25) is 0 Å². The molecule has 6 heteroatoms. The number of benzene rings is 1. The topological polar surface area (TPSA) is 58.1 Å². The van der Waals surface area contributed by atoms with E-state index in [1.165, 1.54) is 5.56 Å². The zero-order valence-corrected chi connectivity index (χ0v) is 18.0. The van der Waals surface area contributed by atoms with Crippen molar-refractivity contribution in [2.75, 3.05) is 53.6 Å². The van der Waals surface area contributed by atoms with Crippen LogP contribution in [0.25, 0.3) is 0 Å². The van der Waals surface area contributed by atoms with Crippen LogP contribution in [0.4, 0.5) is 0 Å². The molecule has 0 aromatic heterocycles. The number of methoxy groups -OCH3 is 1. The SMILES string of the molecule is CN=C(NCCc1ccc(OCC(C)C)cc1)NC1CCN(CCOC)CC1. The van der Waals surface area contributed by atoms with Crippen molar-refractivity contribution in [1.82, 2.24) is 15.5 Å². The Balaban J connectivity index is 1.66. The van der Waals surface area contributed by atoms with Crippen molar-refractivity contribution in [1.29, 1.82) is 0 Å². The number of aliphatic imine (C=N–C) groups is 1. The first-order valence-corrected chi connectivity index (χ1v) is 10.5. The van der Waals surface area contributed by atoms with Crippen LogP contribution in [-0.2, 0) is 11.2 Å². The summed E-state index contributed by atoms with van der Waals surface area (Å²) in [6, 6.07) is 8.89. The fraction of sp³-hybridized carbons (Fsp3) is 0.682. The third-order valence-corrected chi connectivity index (χ3v) is 4.98. The Morgan fingerprint density at radius 1 is 1.21 bits per heavy atom. The lowest BCUT2D eigenvalue weighted by Crippen LogP contribution is -2.49. The highest BCUT2D eigenvalue weighted by atomic mass is 16.5. The molecule has 0 radical (unpaired) electrons. The van der Waals surface area contributed by atoms with Crippen molar-refractivity contribution in [3.63, 3.8) is 0 Å². The van der Waals surface area contributed by atoms with Crippen molar-refractivity contribution in [2.45, 2.75) is 39.2 Å². The number of nitrogens with zero attached hydrogens (tertiary/aromatic N) is 2. The Kier molecular flexibility index (Phi) is 10.1. The van der Waals surface area contributed by atoms with E-state index in [9.17, 15) is 0 Å². The minimum Gasteiger partial charge on any atom is -0.493 e. The second-order valence-electron chi connectivity index (χ2n) is 7.85. The molecule has 2 rings (SSSR count). The summed E-state index contributed by atoms with van der Waals surface area (Å²) in [4.78, 5) is 6.84. The fourth-order valence-electron chi connectivity index (χ4n) is 3.25.